The molecule has 1 fully saturated rings. The number of halogens is 1. The Labute approximate surface area is 135 Å². The molecule has 0 saturated carbocycles. The lowest BCUT2D eigenvalue weighted by atomic mass is 10.1. The summed E-state index contributed by atoms with van der Waals surface area (Å²) >= 11 is 4.84. The van der Waals surface area contributed by atoms with Crippen LogP contribution in [0.5, 0.6) is 5.88 Å². The first-order valence-corrected chi connectivity index (χ1v) is 8.35. The highest BCUT2D eigenvalue weighted by molar-refractivity contribution is 9.10. The molecule has 1 saturated heterocycles. The average molecular weight is 368 g/mol. The molecule has 1 aliphatic rings. The highest BCUT2D eigenvalue weighted by Gasteiger charge is 2.26. The molecule has 0 spiro atoms. The molecule has 110 valence electrons. The maximum atomic E-state index is 12.4. The van der Waals surface area contributed by atoms with Gasteiger partial charge in [0.2, 0.25) is 5.88 Å². The van der Waals surface area contributed by atoms with Gasteiger partial charge in [-0.15, -0.1) is 11.3 Å². The molecule has 1 aliphatic heterocycles. The molecule has 2 aromatic heterocycles. The van der Waals surface area contributed by atoms with E-state index in [1.165, 1.54) is 11.3 Å². The first kappa shape index (κ1) is 14.5. The maximum Gasteiger partial charge on any atom is 0.264 e. The fourth-order valence-electron chi connectivity index (χ4n) is 2.32. The zero-order valence-corrected chi connectivity index (χ0v) is 13.6. The summed E-state index contributed by atoms with van der Waals surface area (Å²) in [7, 11) is 0. The van der Waals surface area contributed by atoms with Crippen LogP contribution < -0.4 is 4.74 Å². The van der Waals surface area contributed by atoms with Gasteiger partial charge < -0.3 is 9.64 Å². The summed E-state index contributed by atoms with van der Waals surface area (Å²) in [6.07, 6.45) is 6.64. The van der Waals surface area contributed by atoms with Gasteiger partial charge in [0.15, 0.2) is 0 Å². The zero-order valence-electron chi connectivity index (χ0n) is 11.2. The SMILES string of the molecule is O=C(c1cc(Br)cs1)N1CCC[C@H](Oc2cnccn2)C1. The predicted molar refractivity (Wildman–Crippen MR) is 83.6 cm³/mol. The minimum atomic E-state index is -0.0252. The molecule has 0 aromatic carbocycles. The topological polar surface area (TPSA) is 55.3 Å². The average Bonchev–Trinajstić information content (AvgIpc) is 2.94. The molecule has 3 heterocycles. The summed E-state index contributed by atoms with van der Waals surface area (Å²) in [6, 6.07) is 1.86. The van der Waals surface area contributed by atoms with Gasteiger partial charge in [0, 0.05) is 28.8 Å². The molecule has 0 aliphatic carbocycles. The van der Waals surface area contributed by atoms with Gasteiger partial charge >= 0.3 is 0 Å². The Morgan fingerprint density at radius 2 is 2.38 bits per heavy atom. The van der Waals surface area contributed by atoms with Crippen LogP contribution in [0.3, 0.4) is 0 Å². The molecule has 1 atom stereocenters. The van der Waals surface area contributed by atoms with Crippen molar-refractivity contribution in [2.24, 2.45) is 0 Å². The second-order valence-corrected chi connectivity index (χ2v) is 6.63. The number of rotatable bonds is 3. The third kappa shape index (κ3) is 3.59. The van der Waals surface area contributed by atoms with Crippen LogP contribution in [-0.2, 0) is 0 Å². The van der Waals surface area contributed by atoms with Crippen LogP contribution in [0, 0.1) is 0 Å². The number of nitrogens with zero attached hydrogens (tertiary/aromatic N) is 3. The number of piperidine rings is 1. The smallest absolute Gasteiger partial charge is 0.264 e. The normalized spacial score (nSPS) is 18.5. The van der Waals surface area contributed by atoms with Crippen LogP contribution in [-0.4, -0.2) is 40.0 Å². The maximum absolute atomic E-state index is 12.4. The lowest BCUT2D eigenvalue weighted by Gasteiger charge is -2.32. The van der Waals surface area contributed by atoms with E-state index in [2.05, 4.69) is 25.9 Å². The second kappa shape index (κ2) is 6.53. The summed E-state index contributed by atoms with van der Waals surface area (Å²) in [6.45, 7) is 1.36. The Bertz CT molecular complexity index is 620. The van der Waals surface area contributed by atoms with Gasteiger partial charge in [0.1, 0.15) is 6.10 Å². The lowest BCUT2D eigenvalue weighted by Crippen LogP contribution is -2.44. The van der Waals surface area contributed by atoms with Gasteiger partial charge in [0.05, 0.1) is 17.6 Å². The number of hydrogen-bond donors (Lipinski definition) is 0. The quantitative estimate of drug-likeness (QED) is 0.836. The molecule has 21 heavy (non-hydrogen) atoms. The van der Waals surface area contributed by atoms with Crippen molar-refractivity contribution in [1.82, 2.24) is 14.9 Å². The van der Waals surface area contributed by atoms with Gasteiger partial charge in [-0.1, -0.05) is 0 Å². The molecular weight excluding hydrogens is 354 g/mol. The second-order valence-electron chi connectivity index (χ2n) is 4.81. The van der Waals surface area contributed by atoms with Crippen molar-refractivity contribution in [3.63, 3.8) is 0 Å². The van der Waals surface area contributed by atoms with Crippen molar-refractivity contribution in [3.05, 3.63) is 39.4 Å². The molecule has 0 N–H and O–H groups in total. The number of carbonyl (C=O) groups is 1. The first-order valence-electron chi connectivity index (χ1n) is 6.68. The number of thiophene rings is 1. The van der Waals surface area contributed by atoms with Crippen molar-refractivity contribution < 1.29 is 9.53 Å². The minimum Gasteiger partial charge on any atom is -0.471 e. The fraction of sp³-hybridized carbons (Fsp3) is 0.357. The highest BCUT2D eigenvalue weighted by Crippen LogP contribution is 2.23. The van der Waals surface area contributed by atoms with E-state index in [4.69, 9.17) is 4.74 Å². The third-order valence-electron chi connectivity index (χ3n) is 3.27. The van der Waals surface area contributed by atoms with E-state index in [0.29, 0.717) is 12.4 Å². The van der Waals surface area contributed by atoms with Gasteiger partial charge in [0.25, 0.3) is 5.91 Å². The van der Waals surface area contributed by atoms with Crippen LogP contribution in [0.4, 0.5) is 0 Å². The molecular formula is C14H14BrN3O2S. The van der Waals surface area contributed by atoms with E-state index in [0.717, 1.165) is 28.7 Å². The van der Waals surface area contributed by atoms with Crippen molar-refractivity contribution in [2.45, 2.75) is 18.9 Å². The Hall–Kier alpha value is -1.47. The largest absolute Gasteiger partial charge is 0.471 e. The summed E-state index contributed by atoms with van der Waals surface area (Å²) in [5.41, 5.74) is 0. The zero-order chi connectivity index (χ0) is 14.7. The van der Waals surface area contributed by atoms with Crippen LogP contribution in [0.15, 0.2) is 34.5 Å². The van der Waals surface area contributed by atoms with E-state index < -0.39 is 0 Å². The molecule has 7 heteroatoms. The third-order valence-corrected chi connectivity index (χ3v) is 4.95. The first-order chi connectivity index (χ1) is 10.2. The molecule has 2 aromatic rings. The number of ether oxygens (including phenoxy) is 1. The molecule has 0 bridgehead atoms. The summed E-state index contributed by atoms with van der Waals surface area (Å²) in [5.74, 6) is 0.578. The number of likely N-dealkylation sites (tertiary alicyclic amines) is 1. The summed E-state index contributed by atoms with van der Waals surface area (Å²) in [5, 5.41) is 1.92. The van der Waals surface area contributed by atoms with Crippen LogP contribution in [0.2, 0.25) is 0 Å². The Kier molecular flexibility index (Phi) is 4.50. The molecule has 3 rings (SSSR count). The number of amides is 1. The van der Waals surface area contributed by atoms with Gasteiger partial charge in [-0.2, -0.15) is 0 Å². The Balaban J connectivity index is 1.64. The summed E-state index contributed by atoms with van der Waals surface area (Å²) < 4.78 is 6.75. The van der Waals surface area contributed by atoms with E-state index in [1.54, 1.807) is 18.6 Å². The van der Waals surface area contributed by atoms with Crippen molar-refractivity contribution >= 4 is 33.2 Å². The van der Waals surface area contributed by atoms with Crippen LogP contribution in [0.1, 0.15) is 22.5 Å². The van der Waals surface area contributed by atoms with E-state index in [1.807, 2.05) is 16.3 Å². The van der Waals surface area contributed by atoms with Crippen LogP contribution in [0.25, 0.3) is 0 Å². The van der Waals surface area contributed by atoms with Crippen molar-refractivity contribution in [1.29, 1.82) is 0 Å². The molecule has 0 radical (unpaired) electrons. The summed E-state index contributed by atoms with van der Waals surface area (Å²) in [4.78, 5) is 23.1. The molecule has 0 unspecified atom stereocenters. The number of hydrogen-bond acceptors (Lipinski definition) is 5. The van der Waals surface area contributed by atoms with Crippen molar-refractivity contribution in [3.8, 4) is 5.88 Å². The van der Waals surface area contributed by atoms with E-state index in [-0.39, 0.29) is 12.0 Å². The number of aromatic nitrogens is 2. The van der Waals surface area contributed by atoms with Crippen LogP contribution >= 0.6 is 27.3 Å². The van der Waals surface area contributed by atoms with Gasteiger partial charge in [-0.25, -0.2) is 4.98 Å². The van der Waals surface area contributed by atoms with Gasteiger partial charge in [-0.05, 0) is 34.8 Å². The Morgan fingerprint density at radius 3 is 3.10 bits per heavy atom. The minimum absolute atomic E-state index is 0.0252. The highest BCUT2D eigenvalue weighted by atomic mass is 79.9. The monoisotopic (exact) mass is 367 g/mol. The van der Waals surface area contributed by atoms with E-state index in [9.17, 15) is 4.79 Å². The fourth-order valence-corrected chi connectivity index (χ4v) is 3.71. The Morgan fingerprint density at radius 1 is 1.48 bits per heavy atom. The molecule has 5 nitrogen and oxygen atoms in total. The lowest BCUT2D eigenvalue weighted by molar-refractivity contribution is 0.0531. The standard InChI is InChI=1S/C14H14BrN3O2S/c15-10-6-12(21-9-10)14(19)18-5-1-2-11(8-18)20-13-7-16-3-4-17-13/h3-4,6-7,9,11H,1-2,5,8H2/t11-/m0/s1. The van der Waals surface area contributed by atoms with Gasteiger partial charge in [-0.3, -0.25) is 9.78 Å². The predicted octanol–water partition coefficient (Wildman–Crippen LogP) is 2.98. The van der Waals surface area contributed by atoms with E-state index >= 15 is 0 Å². The number of carbonyl (C=O) groups excluding carboxylic acids is 1. The molecule has 1 amide bonds. The van der Waals surface area contributed by atoms with Crippen molar-refractivity contribution in [2.75, 3.05) is 13.1 Å².